The fourth-order valence-corrected chi connectivity index (χ4v) is 1.94. The average molecular weight is 289 g/mol. The van der Waals surface area contributed by atoms with Crippen LogP contribution in [0.1, 0.15) is 15.9 Å². The maximum absolute atomic E-state index is 12.2. The maximum atomic E-state index is 12.2. The van der Waals surface area contributed by atoms with E-state index in [0.29, 0.717) is 22.6 Å². The van der Waals surface area contributed by atoms with Gasteiger partial charge in [0.1, 0.15) is 12.1 Å². The van der Waals surface area contributed by atoms with E-state index >= 15 is 0 Å². The van der Waals surface area contributed by atoms with Gasteiger partial charge in [0.05, 0.1) is 17.2 Å². The zero-order valence-electron chi connectivity index (χ0n) is 11.5. The monoisotopic (exact) mass is 289 g/mol. The van der Waals surface area contributed by atoms with Crippen LogP contribution in [-0.2, 0) is 0 Å². The van der Waals surface area contributed by atoms with E-state index in [4.69, 9.17) is 5.26 Å². The summed E-state index contributed by atoms with van der Waals surface area (Å²) in [6.07, 6.45) is 6.56. The van der Waals surface area contributed by atoms with Crippen LogP contribution in [0.5, 0.6) is 0 Å². The molecule has 3 aromatic rings. The van der Waals surface area contributed by atoms with Crippen molar-refractivity contribution in [3.63, 3.8) is 0 Å². The van der Waals surface area contributed by atoms with Crippen LogP contribution in [0, 0.1) is 11.3 Å². The highest BCUT2D eigenvalue weighted by molar-refractivity contribution is 6.04. The van der Waals surface area contributed by atoms with Gasteiger partial charge in [-0.3, -0.25) is 9.36 Å². The number of hydrogen-bond acceptors (Lipinski definition) is 4. The van der Waals surface area contributed by atoms with Crippen molar-refractivity contribution in [2.24, 2.45) is 0 Å². The first-order chi connectivity index (χ1) is 10.8. The molecule has 2 aromatic heterocycles. The van der Waals surface area contributed by atoms with Gasteiger partial charge < -0.3 is 5.32 Å². The standard InChI is InChI=1S/C16H11N5O/c17-9-12-2-1-3-14(8-12)20-16(22)13-4-5-15(19-10-13)21-7-6-18-11-21/h1-8,10-11H,(H,20,22). The first-order valence-electron chi connectivity index (χ1n) is 6.52. The van der Waals surface area contributed by atoms with Gasteiger partial charge in [-0.05, 0) is 30.3 Å². The topological polar surface area (TPSA) is 83.6 Å². The fourth-order valence-electron chi connectivity index (χ4n) is 1.94. The van der Waals surface area contributed by atoms with Crippen molar-refractivity contribution in [3.8, 4) is 11.9 Å². The van der Waals surface area contributed by atoms with Gasteiger partial charge in [-0.1, -0.05) is 6.07 Å². The van der Waals surface area contributed by atoms with E-state index in [1.54, 1.807) is 59.7 Å². The van der Waals surface area contributed by atoms with Gasteiger partial charge in [-0.2, -0.15) is 5.26 Å². The molecule has 0 saturated carbocycles. The molecule has 0 atom stereocenters. The number of anilines is 1. The average Bonchev–Trinajstić information content (AvgIpc) is 3.09. The van der Waals surface area contributed by atoms with Crippen LogP contribution in [0.25, 0.3) is 5.82 Å². The number of carbonyl (C=O) groups is 1. The van der Waals surface area contributed by atoms with Crippen LogP contribution in [0.2, 0.25) is 0 Å². The van der Waals surface area contributed by atoms with Gasteiger partial charge in [-0.15, -0.1) is 0 Å². The van der Waals surface area contributed by atoms with E-state index in [1.807, 2.05) is 6.07 Å². The van der Waals surface area contributed by atoms with E-state index in [-0.39, 0.29) is 5.91 Å². The number of benzene rings is 1. The first-order valence-corrected chi connectivity index (χ1v) is 6.52. The van der Waals surface area contributed by atoms with Crippen LogP contribution in [0.15, 0.2) is 61.3 Å². The zero-order chi connectivity index (χ0) is 15.4. The van der Waals surface area contributed by atoms with Crippen molar-refractivity contribution in [1.29, 1.82) is 5.26 Å². The Balaban J connectivity index is 1.76. The van der Waals surface area contributed by atoms with Gasteiger partial charge in [0.25, 0.3) is 5.91 Å². The first kappa shape index (κ1) is 13.5. The van der Waals surface area contributed by atoms with Gasteiger partial charge in [0, 0.05) is 24.3 Å². The van der Waals surface area contributed by atoms with Crippen LogP contribution in [-0.4, -0.2) is 20.4 Å². The molecule has 1 amide bonds. The lowest BCUT2D eigenvalue weighted by atomic mass is 10.2. The minimum Gasteiger partial charge on any atom is -0.322 e. The molecule has 6 heteroatoms. The summed E-state index contributed by atoms with van der Waals surface area (Å²) in [5, 5.41) is 11.6. The number of aromatic nitrogens is 3. The molecule has 0 saturated heterocycles. The van der Waals surface area contributed by atoms with Crippen molar-refractivity contribution >= 4 is 11.6 Å². The summed E-state index contributed by atoms with van der Waals surface area (Å²) in [6, 6.07) is 12.2. The van der Waals surface area contributed by atoms with Crippen LogP contribution >= 0.6 is 0 Å². The SMILES string of the molecule is N#Cc1cccc(NC(=O)c2ccc(-n3ccnc3)nc2)c1. The minimum atomic E-state index is -0.278. The van der Waals surface area contributed by atoms with Gasteiger partial charge in [-0.25, -0.2) is 9.97 Å². The number of imidazole rings is 1. The third-order valence-electron chi connectivity index (χ3n) is 3.03. The second-order valence-electron chi connectivity index (χ2n) is 4.52. The number of rotatable bonds is 3. The normalized spacial score (nSPS) is 9.95. The lowest BCUT2D eigenvalue weighted by molar-refractivity contribution is 0.102. The molecule has 1 aromatic carbocycles. The van der Waals surface area contributed by atoms with Crippen molar-refractivity contribution < 1.29 is 4.79 Å². The smallest absolute Gasteiger partial charge is 0.257 e. The molecule has 0 aliphatic carbocycles. The summed E-state index contributed by atoms with van der Waals surface area (Å²) >= 11 is 0. The third kappa shape index (κ3) is 2.83. The summed E-state index contributed by atoms with van der Waals surface area (Å²) < 4.78 is 1.75. The number of nitriles is 1. The Hall–Kier alpha value is -3.46. The second kappa shape index (κ2) is 5.89. The van der Waals surface area contributed by atoms with Gasteiger partial charge >= 0.3 is 0 Å². The molecule has 0 radical (unpaired) electrons. The molecule has 22 heavy (non-hydrogen) atoms. The molecule has 0 unspecified atom stereocenters. The Morgan fingerprint density at radius 2 is 2.18 bits per heavy atom. The molecule has 0 aliphatic rings. The molecular weight excluding hydrogens is 278 g/mol. The van der Waals surface area contributed by atoms with E-state index in [0.717, 1.165) is 0 Å². The molecule has 3 rings (SSSR count). The highest BCUT2D eigenvalue weighted by Crippen LogP contribution is 2.12. The van der Waals surface area contributed by atoms with E-state index in [1.165, 1.54) is 6.20 Å². The number of nitrogens with zero attached hydrogens (tertiary/aromatic N) is 4. The Morgan fingerprint density at radius 3 is 2.86 bits per heavy atom. The third-order valence-corrected chi connectivity index (χ3v) is 3.03. The Morgan fingerprint density at radius 1 is 1.27 bits per heavy atom. The predicted molar refractivity (Wildman–Crippen MR) is 80.5 cm³/mol. The molecule has 0 aliphatic heterocycles. The molecule has 0 fully saturated rings. The molecule has 106 valence electrons. The summed E-state index contributed by atoms with van der Waals surface area (Å²) in [5.41, 5.74) is 1.50. The zero-order valence-corrected chi connectivity index (χ0v) is 11.5. The Labute approximate surface area is 126 Å². The predicted octanol–water partition coefficient (Wildman–Crippen LogP) is 2.39. The summed E-state index contributed by atoms with van der Waals surface area (Å²) in [6.45, 7) is 0. The molecular formula is C16H11N5O. The van der Waals surface area contributed by atoms with Crippen molar-refractivity contribution in [1.82, 2.24) is 14.5 Å². The summed E-state index contributed by atoms with van der Waals surface area (Å²) in [7, 11) is 0. The minimum absolute atomic E-state index is 0.278. The summed E-state index contributed by atoms with van der Waals surface area (Å²) in [5.74, 6) is 0.403. The number of carbonyl (C=O) groups excluding carboxylic acids is 1. The Bertz CT molecular complexity index is 832. The number of hydrogen-bond donors (Lipinski definition) is 1. The van der Waals surface area contributed by atoms with Crippen LogP contribution in [0.3, 0.4) is 0 Å². The number of pyridine rings is 1. The number of nitrogens with one attached hydrogen (secondary N) is 1. The lowest BCUT2D eigenvalue weighted by Crippen LogP contribution is -2.12. The van der Waals surface area contributed by atoms with Crippen molar-refractivity contribution in [2.75, 3.05) is 5.32 Å². The fraction of sp³-hybridized carbons (Fsp3) is 0. The molecule has 0 bridgehead atoms. The van der Waals surface area contributed by atoms with E-state index in [9.17, 15) is 4.79 Å². The second-order valence-corrected chi connectivity index (χ2v) is 4.52. The maximum Gasteiger partial charge on any atom is 0.257 e. The number of amides is 1. The molecule has 6 nitrogen and oxygen atoms in total. The highest BCUT2D eigenvalue weighted by Gasteiger charge is 2.07. The van der Waals surface area contributed by atoms with Crippen LogP contribution < -0.4 is 5.32 Å². The highest BCUT2D eigenvalue weighted by atomic mass is 16.1. The van der Waals surface area contributed by atoms with E-state index in [2.05, 4.69) is 15.3 Å². The quantitative estimate of drug-likeness (QED) is 0.802. The molecule has 1 N–H and O–H groups in total. The lowest BCUT2D eigenvalue weighted by Gasteiger charge is -2.06. The van der Waals surface area contributed by atoms with Gasteiger partial charge in [0.15, 0.2) is 0 Å². The molecule has 2 heterocycles. The van der Waals surface area contributed by atoms with Gasteiger partial charge in [0.2, 0.25) is 0 Å². The van der Waals surface area contributed by atoms with Crippen LogP contribution in [0.4, 0.5) is 5.69 Å². The van der Waals surface area contributed by atoms with Crippen molar-refractivity contribution in [3.05, 3.63) is 72.4 Å². The van der Waals surface area contributed by atoms with E-state index < -0.39 is 0 Å². The summed E-state index contributed by atoms with van der Waals surface area (Å²) in [4.78, 5) is 20.3. The Kier molecular flexibility index (Phi) is 3.62. The largest absolute Gasteiger partial charge is 0.322 e. The molecule has 0 spiro atoms. The van der Waals surface area contributed by atoms with Crippen molar-refractivity contribution in [2.45, 2.75) is 0 Å².